The van der Waals surface area contributed by atoms with Crippen molar-refractivity contribution in [1.29, 1.82) is 0 Å². The molecule has 0 atom stereocenters. The van der Waals surface area contributed by atoms with Crippen LogP contribution in [-0.2, 0) is 58.1 Å². The molecule has 0 fully saturated rings. The quantitative estimate of drug-likeness (QED) is 0.121. The molecular formula is C42H80N2O4Ru2. The summed E-state index contributed by atoms with van der Waals surface area (Å²) in [5.74, 6) is -0.0264. The zero-order valence-electron chi connectivity index (χ0n) is 36.7. The van der Waals surface area contributed by atoms with Gasteiger partial charge in [0, 0.05) is 28.3 Å². The molecule has 0 heterocycles. The number of hydrogen-bond acceptors (Lipinski definition) is 4. The molecule has 0 aliphatic heterocycles. The van der Waals surface area contributed by atoms with E-state index in [0.29, 0.717) is 25.4 Å². The molecule has 50 heavy (non-hydrogen) atoms. The average Bonchev–Trinajstić information content (AvgIpc) is 2.82. The van der Waals surface area contributed by atoms with E-state index < -0.39 is 21.8 Å². The van der Waals surface area contributed by atoms with Gasteiger partial charge in [0.1, 0.15) is 5.78 Å². The molecule has 0 aliphatic rings. The van der Waals surface area contributed by atoms with Crippen molar-refractivity contribution in [3.63, 3.8) is 0 Å². The summed E-state index contributed by atoms with van der Waals surface area (Å²) in [6, 6.07) is 0. The van der Waals surface area contributed by atoms with Gasteiger partial charge in [0.05, 0.1) is 17.4 Å². The van der Waals surface area contributed by atoms with Gasteiger partial charge in [-0.2, -0.15) is 0 Å². The minimum Gasteiger partial charge on any atom is -0.655 e. The molecule has 0 spiro atoms. The van der Waals surface area contributed by atoms with E-state index in [1.807, 2.05) is 27.7 Å². The largest absolute Gasteiger partial charge is 1.00 e. The van der Waals surface area contributed by atoms with Gasteiger partial charge in [0.2, 0.25) is 0 Å². The van der Waals surface area contributed by atoms with Crippen molar-refractivity contribution in [2.45, 2.75) is 183 Å². The summed E-state index contributed by atoms with van der Waals surface area (Å²) in [7, 11) is 1.50. The van der Waals surface area contributed by atoms with Crippen LogP contribution in [0.3, 0.4) is 0 Å². The van der Waals surface area contributed by atoms with Crippen LogP contribution < -0.4 is 0 Å². The van der Waals surface area contributed by atoms with Crippen LogP contribution in [0.5, 0.6) is 0 Å². The van der Waals surface area contributed by atoms with E-state index in [9.17, 15) is 14.4 Å². The van der Waals surface area contributed by atoms with E-state index in [1.54, 1.807) is 0 Å². The molecule has 0 N–H and O–H groups in total. The third-order valence-electron chi connectivity index (χ3n) is 11.6. The maximum atomic E-state index is 13.9. The first-order chi connectivity index (χ1) is 20.8. The molecule has 0 unspecified atom stereocenters. The minimum absolute atomic E-state index is 0. The second-order valence-corrected chi connectivity index (χ2v) is 22.2. The second kappa shape index (κ2) is 18.0. The van der Waals surface area contributed by atoms with Crippen molar-refractivity contribution in [2.75, 3.05) is 20.2 Å². The Balaban J connectivity index is -0.0000110. The van der Waals surface area contributed by atoms with Crippen molar-refractivity contribution in [3.05, 3.63) is 10.6 Å². The number of amides is 2. The maximum Gasteiger partial charge on any atom is 1.00 e. The molecule has 0 aliphatic carbocycles. The van der Waals surface area contributed by atoms with Gasteiger partial charge in [-0.15, -0.1) is 13.6 Å². The Hall–Kier alpha value is -0.183. The van der Waals surface area contributed by atoms with Gasteiger partial charge in [-0.3, -0.25) is 4.79 Å². The molecule has 0 aromatic heterocycles. The number of carbonyl (C=O) groups is 3. The van der Waals surface area contributed by atoms with Crippen LogP contribution in [0.2, 0.25) is 0 Å². The molecule has 0 aromatic carbocycles. The van der Waals surface area contributed by atoms with Crippen molar-refractivity contribution in [1.82, 2.24) is 0 Å². The molecule has 0 aromatic rings. The van der Waals surface area contributed by atoms with Crippen molar-refractivity contribution in [3.8, 4) is 0 Å². The molecular weight excluding hydrogens is 799 g/mol. The van der Waals surface area contributed by atoms with Gasteiger partial charge in [-0.1, -0.05) is 137 Å². The molecule has 6 nitrogen and oxygen atoms in total. The predicted octanol–water partition coefficient (Wildman–Crippen LogP) is 12.0. The van der Waals surface area contributed by atoms with Crippen LogP contribution in [0.25, 0.3) is 10.6 Å². The van der Waals surface area contributed by atoms with Crippen molar-refractivity contribution < 1.29 is 58.1 Å². The monoisotopic (exact) mass is 880 g/mol. The van der Waals surface area contributed by atoms with Gasteiger partial charge in [-0.25, -0.2) is 0 Å². The normalized spacial score (nSPS) is 14.4. The van der Waals surface area contributed by atoms with E-state index in [0.717, 1.165) is 25.7 Å². The number of Topliss-reactive ketones (excluding diaryl/α,β-unsaturated/α-hetero) is 1. The summed E-state index contributed by atoms with van der Waals surface area (Å²) in [5.41, 5.74) is -3.23. The van der Waals surface area contributed by atoms with Crippen LogP contribution in [0.15, 0.2) is 0 Å². The number of nitrogens with zero attached hydrogens (tertiary/aromatic N) is 2. The van der Waals surface area contributed by atoms with Crippen molar-refractivity contribution >= 4 is 17.6 Å². The summed E-state index contributed by atoms with van der Waals surface area (Å²) in [6.07, 6.45) is 3.76. The van der Waals surface area contributed by atoms with E-state index in [1.165, 1.54) is 7.05 Å². The Morgan fingerprint density at radius 2 is 0.920 bits per heavy atom. The van der Waals surface area contributed by atoms with Crippen LogP contribution in [-0.4, -0.2) is 43.4 Å². The molecule has 0 bridgehead atoms. The van der Waals surface area contributed by atoms with Crippen LogP contribution in [0.4, 0.5) is 0 Å². The first-order valence-electron chi connectivity index (χ1n) is 18.4. The SMILES string of the molecule is C[N-]C(=O)C(C)(C)CC(C)(C)C(=O)[N-]CC(C)(C)CC(C)(C)C(C)(C)OCCC(C)(C)C(C)(C)CC(C)(C)C(=O)C(C)(C)CC(C)(C)C.[Ru+].[Ru+]. The van der Waals surface area contributed by atoms with E-state index in [-0.39, 0.29) is 83.3 Å². The van der Waals surface area contributed by atoms with Crippen LogP contribution in [0.1, 0.15) is 178 Å². The predicted molar refractivity (Wildman–Crippen MR) is 205 cm³/mol. The van der Waals surface area contributed by atoms with Crippen LogP contribution >= 0.6 is 0 Å². The Kier molecular flexibility index (Phi) is 19.5. The number of rotatable bonds is 19. The fourth-order valence-electron chi connectivity index (χ4n) is 8.37. The van der Waals surface area contributed by atoms with Gasteiger partial charge < -0.3 is 25.0 Å². The molecule has 0 rings (SSSR count). The summed E-state index contributed by atoms with van der Waals surface area (Å²) in [4.78, 5) is 39.4. The first kappa shape index (κ1) is 54.2. The summed E-state index contributed by atoms with van der Waals surface area (Å²) < 4.78 is 6.72. The standard InChI is InChI=1S/C42H82N2O4.2Ru/c1-33(2,3)25-35(6,7)30(45)36(8,9)28-40(16,17)39(14,15)23-24-48-42(20,21)41(18,19)26-34(4,5)29-44-32(47)38(12,13)27-37(10,11)31(46)43-22;;/h23-29H2,1-22H3,(H2,43,44,46,47);;/q;2*+1/p-2. The van der Waals surface area contributed by atoms with E-state index in [2.05, 4.69) is 128 Å². The Labute approximate surface area is 336 Å². The van der Waals surface area contributed by atoms with E-state index >= 15 is 0 Å². The Morgan fingerprint density at radius 3 is 1.34 bits per heavy atom. The molecule has 298 valence electrons. The molecule has 0 saturated carbocycles. The fourth-order valence-corrected chi connectivity index (χ4v) is 8.37. The number of ether oxygens (including phenoxy) is 1. The molecule has 2 amide bonds. The topological polar surface area (TPSA) is 88.6 Å². The first-order valence-corrected chi connectivity index (χ1v) is 18.4. The molecule has 0 saturated heterocycles. The number of carbonyl (C=O) groups excluding carboxylic acids is 3. The zero-order chi connectivity index (χ0) is 38.8. The second-order valence-electron chi connectivity index (χ2n) is 22.2. The molecule has 2 radical (unpaired) electrons. The van der Waals surface area contributed by atoms with E-state index in [4.69, 9.17) is 4.74 Å². The number of ketones is 1. The summed E-state index contributed by atoms with van der Waals surface area (Å²) in [6.45, 7) is 45.9. The molecule has 8 heteroatoms. The Bertz CT molecular complexity index is 1120. The van der Waals surface area contributed by atoms with Gasteiger partial charge in [0.25, 0.3) is 0 Å². The maximum absolute atomic E-state index is 13.9. The summed E-state index contributed by atoms with van der Waals surface area (Å²) >= 11 is 0. The fraction of sp³-hybridized carbons (Fsp3) is 0.929. The third kappa shape index (κ3) is 15.7. The minimum atomic E-state index is -0.760. The Morgan fingerprint density at radius 1 is 0.500 bits per heavy atom. The average molecular weight is 879 g/mol. The smallest absolute Gasteiger partial charge is 0.655 e. The zero-order valence-corrected chi connectivity index (χ0v) is 40.2. The van der Waals surface area contributed by atoms with Gasteiger partial charge in [0.15, 0.2) is 0 Å². The number of hydrogen-bond donors (Lipinski definition) is 0. The third-order valence-corrected chi connectivity index (χ3v) is 11.6. The van der Waals surface area contributed by atoms with Gasteiger partial charge in [-0.05, 0) is 67.6 Å². The summed E-state index contributed by atoms with van der Waals surface area (Å²) in [5, 5.41) is 8.38. The van der Waals surface area contributed by atoms with Gasteiger partial charge >= 0.3 is 39.0 Å². The van der Waals surface area contributed by atoms with Crippen molar-refractivity contribution in [2.24, 2.45) is 48.7 Å². The van der Waals surface area contributed by atoms with Crippen LogP contribution in [0, 0.1) is 48.7 Å².